The summed E-state index contributed by atoms with van der Waals surface area (Å²) >= 11 is 9.55. The second kappa shape index (κ2) is 5.94. The van der Waals surface area contributed by atoms with Gasteiger partial charge in [-0.2, -0.15) is 0 Å². The Labute approximate surface area is 93.7 Å². The van der Waals surface area contributed by atoms with Crippen molar-refractivity contribution in [2.45, 2.75) is 18.9 Å². The highest BCUT2D eigenvalue weighted by atomic mass is 32.1. The molecule has 0 aromatic heterocycles. The second-order valence-electron chi connectivity index (χ2n) is 2.96. The lowest BCUT2D eigenvalue weighted by molar-refractivity contribution is 0.114. The molecule has 0 bridgehead atoms. The molecule has 0 spiro atoms. The summed E-state index contributed by atoms with van der Waals surface area (Å²) in [6, 6.07) is 0. The summed E-state index contributed by atoms with van der Waals surface area (Å²) in [5.41, 5.74) is 10.4. The predicted octanol–water partition coefficient (Wildman–Crippen LogP) is -0.622. The molecule has 1 heterocycles. The number of ether oxygens (including phenoxy) is 1. The van der Waals surface area contributed by atoms with Crippen molar-refractivity contribution < 1.29 is 4.74 Å². The normalized spacial score (nSPS) is 20.1. The van der Waals surface area contributed by atoms with Crippen LogP contribution in [0.3, 0.4) is 0 Å². The number of hydrogen-bond acceptors (Lipinski definition) is 3. The van der Waals surface area contributed by atoms with Crippen LogP contribution in [0.4, 0.5) is 0 Å². The zero-order valence-corrected chi connectivity index (χ0v) is 9.34. The molecule has 7 heteroatoms. The monoisotopic (exact) mass is 234 g/mol. The van der Waals surface area contributed by atoms with E-state index in [1.807, 2.05) is 0 Å². The molecule has 1 aliphatic heterocycles. The fraction of sp³-hybridized carbons (Fsp3) is 0.714. The summed E-state index contributed by atoms with van der Waals surface area (Å²) < 4.78 is 5.41. The Bertz CT molecular complexity index is 218. The van der Waals surface area contributed by atoms with Gasteiger partial charge in [-0.25, -0.2) is 0 Å². The van der Waals surface area contributed by atoms with Gasteiger partial charge in [-0.15, -0.1) is 0 Å². The lowest BCUT2D eigenvalue weighted by Gasteiger charge is -2.14. The average molecular weight is 234 g/mol. The molecule has 1 rings (SSSR count). The molecule has 0 aromatic carbocycles. The molecule has 5 nitrogen and oxygen atoms in total. The molecule has 0 saturated carbocycles. The quantitative estimate of drug-likeness (QED) is 0.375. The van der Waals surface area contributed by atoms with Gasteiger partial charge in [-0.3, -0.25) is 10.9 Å². The first-order valence-electron chi connectivity index (χ1n) is 4.39. The Balaban J connectivity index is 2.05. The van der Waals surface area contributed by atoms with Crippen molar-refractivity contribution in [3.63, 3.8) is 0 Å². The Morgan fingerprint density at radius 1 is 1.43 bits per heavy atom. The summed E-state index contributed by atoms with van der Waals surface area (Å²) in [5.74, 6) is 0. The van der Waals surface area contributed by atoms with Gasteiger partial charge in [0.1, 0.15) is 0 Å². The first-order valence-corrected chi connectivity index (χ1v) is 5.21. The molecule has 0 radical (unpaired) electrons. The van der Waals surface area contributed by atoms with Crippen molar-refractivity contribution in [3.05, 3.63) is 0 Å². The Hall–Kier alpha value is -0.660. The maximum absolute atomic E-state index is 5.41. The van der Waals surface area contributed by atoms with E-state index in [1.165, 1.54) is 0 Å². The van der Waals surface area contributed by atoms with Crippen LogP contribution in [0.25, 0.3) is 0 Å². The number of thiocarbonyl (C=S) groups is 2. The van der Waals surface area contributed by atoms with Crippen LogP contribution in [-0.2, 0) is 4.74 Å². The van der Waals surface area contributed by atoms with E-state index in [-0.39, 0.29) is 11.2 Å². The summed E-state index contributed by atoms with van der Waals surface area (Å²) in [7, 11) is 0. The highest BCUT2D eigenvalue weighted by Crippen LogP contribution is 2.10. The van der Waals surface area contributed by atoms with E-state index in [2.05, 4.69) is 28.4 Å². The average Bonchev–Trinajstić information content (AvgIpc) is 2.63. The van der Waals surface area contributed by atoms with Gasteiger partial charge in [0.15, 0.2) is 10.2 Å². The van der Waals surface area contributed by atoms with Gasteiger partial charge in [0.05, 0.1) is 6.10 Å². The van der Waals surface area contributed by atoms with Gasteiger partial charge in [0.2, 0.25) is 0 Å². The maximum atomic E-state index is 5.41. The minimum atomic E-state index is 0.159. The second-order valence-corrected chi connectivity index (χ2v) is 3.81. The lowest BCUT2D eigenvalue weighted by Crippen LogP contribution is -2.49. The van der Waals surface area contributed by atoms with E-state index < -0.39 is 0 Å². The number of rotatable bonds is 2. The third-order valence-electron chi connectivity index (χ3n) is 1.81. The highest BCUT2D eigenvalue weighted by Gasteiger charge is 2.14. The molecule has 1 fully saturated rings. The molecule has 1 atom stereocenters. The molecule has 0 aromatic rings. The molecule has 0 amide bonds. The first kappa shape index (κ1) is 11.4. The molecule has 0 aliphatic carbocycles. The summed E-state index contributed by atoms with van der Waals surface area (Å²) in [4.78, 5) is 0. The predicted molar refractivity (Wildman–Crippen MR) is 62.6 cm³/mol. The van der Waals surface area contributed by atoms with Crippen LogP contribution in [0.5, 0.6) is 0 Å². The van der Waals surface area contributed by atoms with E-state index in [0.717, 1.165) is 19.4 Å². The van der Waals surface area contributed by atoms with Gasteiger partial charge in [0.25, 0.3) is 0 Å². The SMILES string of the molecule is NC(=S)NNC(=S)NC[C@@H]1CCCO1. The molecular formula is C7H14N4OS2. The molecule has 1 aliphatic rings. The third kappa shape index (κ3) is 4.54. The molecule has 1 saturated heterocycles. The van der Waals surface area contributed by atoms with Gasteiger partial charge in [-0.1, -0.05) is 0 Å². The highest BCUT2D eigenvalue weighted by molar-refractivity contribution is 7.80. The van der Waals surface area contributed by atoms with Gasteiger partial charge < -0.3 is 15.8 Å². The van der Waals surface area contributed by atoms with Crippen LogP contribution in [0, 0.1) is 0 Å². The van der Waals surface area contributed by atoms with Crippen molar-refractivity contribution in [3.8, 4) is 0 Å². The van der Waals surface area contributed by atoms with Crippen LogP contribution in [0.15, 0.2) is 0 Å². The molecule has 14 heavy (non-hydrogen) atoms. The smallest absolute Gasteiger partial charge is 0.185 e. The topological polar surface area (TPSA) is 71.3 Å². The minimum Gasteiger partial charge on any atom is -0.376 e. The Morgan fingerprint density at radius 3 is 2.79 bits per heavy atom. The van der Waals surface area contributed by atoms with Gasteiger partial charge in [-0.05, 0) is 37.3 Å². The Kier molecular flexibility index (Phi) is 4.85. The van der Waals surface area contributed by atoms with E-state index in [1.54, 1.807) is 0 Å². The zero-order chi connectivity index (χ0) is 10.4. The number of hydrogen-bond donors (Lipinski definition) is 4. The van der Waals surface area contributed by atoms with Crippen LogP contribution < -0.4 is 21.9 Å². The summed E-state index contributed by atoms with van der Waals surface area (Å²) in [6.07, 6.45) is 2.47. The lowest BCUT2D eigenvalue weighted by atomic mass is 10.2. The largest absolute Gasteiger partial charge is 0.376 e. The van der Waals surface area contributed by atoms with Crippen molar-refractivity contribution in [2.75, 3.05) is 13.2 Å². The van der Waals surface area contributed by atoms with Crippen LogP contribution in [0.1, 0.15) is 12.8 Å². The van der Waals surface area contributed by atoms with Crippen LogP contribution in [-0.4, -0.2) is 29.5 Å². The number of nitrogens with two attached hydrogens (primary N) is 1. The van der Waals surface area contributed by atoms with Crippen molar-refractivity contribution >= 4 is 34.7 Å². The molecule has 80 valence electrons. The maximum Gasteiger partial charge on any atom is 0.185 e. The minimum absolute atomic E-state index is 0.159. The van der Waals surface area contributed by atoms with Gasteiger partial charge >= 0.3 is 0 Å². The van der Waals surface area contributed by atoms with E-state index >= 15 is 0 Å². The van der Waals surface area contributed by atoms with E-state index in [4.69, 9.17) is 22.7 Å². The molecular weight excluding hydrogens is 220 g/mol. The summed E-state index contributed by atoms with van der Waals surface area (Å²) in [5, 5.41) is 3.62. The van der Waals surface area contributed by atoms with Crippen molar-refractivity contribution in [1.29, 1.82) is 0 Å². The Morgan fingerprint density at radius 2 is 2.21 bits per heavy atom. The number of hydrazine groups is 1. The number of nitrogens with one attached hydrogen (secondary N) is 3. The van der Waals surface area contributed by atoms with E-state index in [9.17, 15) is 0 Å². The summed E-state index contributed by atoms with van der Waals surface area (Å²) in [6.45, 7) is 1.56. The molecule has 0 unspecified atom stereocenters. The standard InChI is InChI=1S/C7H14N4OS2/c8-6(13)10-11-7(14)9-4-5-2-1-3-12-5/h5H,1-4H2,(H3,8,10,13)(H2,9,11,14)/t5-/m0/s1. The van der Waals surface area contributed by atoms with Crippen molar-refractivity contribution in [2.24, 2.45) is 5.73 Å². The fourth-order valence-corrected chi connectivity index (χ4v) is 1.36. The first-order chi connectivity index (χ1) is 6.68. The zero-order valence-electron chi connectivity index (χ0n) is 7.71. The van der Waals surface area contributed by atoms with E-state index in [0.29, 0.717) is 11.7 Å². The third-order valence-corrected chi connectivity index (χ3v) is 2.16. The molecule has 5 N–H and O–H groups in total. The van der Waals surface area contributed by atoms with Crippen LogP contribution >= 0.6 is 24.4 Å². The van der Waals surface area contributed by atoms with Gasteiger partial charge in [0, 0.05) is 13.2 Å². The van der Waals surface area contributed by atoms with Crippen LogP contribution in [0.2, 0.25) is 0 Å². The van der Waals surface area contributed by atoms with Crippen molar-refractivity contribution in [1.82, 2.24) is 16.2 Å². The fourth-order valence-electron chi connectivity index (χ4n) is 1.17.